The van der Waals surface area contributed by atoms with E-state index in [1.54, 1.807) is 24.3 Å². The second-order valence-corrected chi connectivity index (χ2v) is 15.2. The molecule has 0 saturated carbocycles. The standard InChI is InChI=1S/C33H31F2N5O4S/c1-2-19-5-3-6-20-11-22(41)12-25(27(19)20)29-28(35)30-26(14-36-29)31(39-16-23-7-8-24(17-39)45(23,42)43)38-32(37-30)44-18-33-9-4-10-40(33)15-21(34)13-33/h1,3,5-6,11-12,14,21,23-24,41H,4,7-10,13,15-18H2/t21-,23?,24?,33+/m1/s1. The Hall–Kier alpha value is -4.08. The SMILES string of the molecule is C#Cc1cccc2cc(O)cc(-c3ncc4c(N5CC6CCC(C5)S6(=O)=O)nc(OC[C@@]56CCCN5C[C@H](F)C6)nc4c3F)c12. The monoisotopic (exact) mass is 631 g/mol. The highest BCUT2D eigenvalue weighted by molar-refractivity contribution is 7.93. The van der Waals surface area contributed by atoms with Gasteiger partial charge in [-0.05, 0) is 55.8 Å². The third-order valence-corrected chi connectivity index (χ3v) is 12.8. The lowest BCUT2D eigenvalue weighted by atomic mass is 9.95. The van der Waals surface area contributed by atoms with Crippen LogP contribution < -0.4 is 9.64 Å². The number of pyridine rings is 1. The van der Waals surface area contributed by atoms with E-state index in [0.717, 1.165) is 19.4 Å². The number of phenols is 1. The predicted molar refractivity (Wildman–Crippen MR) is 166 cm³/mol. The summed E-state index contributed by atoms with van der Waals surface area (Å²) in [5.74, 6) is 2.16. The Labute approximate surface area is 259 Å². The first kappa shape index (κ1) is 28.4. The molecule has 4 aliphatic rings. The molecule has 4 aromatic rings. The molecule has 0 aliphatic carbocycles. The molecule has 0 amide bonds. The lowest BCUT2D eigenvalue weighted by Gasteiger charge is -2.33. The van der Waals surface area contributed by atoms with Crippen molar-refractivity contribution in [3.8, 4) is 35.4 Å². The van der Waals surface area contributed by atoms with Crippen LogP contribution in [0, 0.1) is 18.2 Å². The first-order valence-electron chi connectivity index (χ1n) is 15.3. The summed E-state index contributed by atoms with van der Waals surface area (Å²) in [5.41, 5.74) is 0.252. The van der Waals surface area contributed by atoms with Crippen molar-refractivity contribution in [3.05, 3.63) is 47.9 Å². The third-order valence-electron chi connectivity index (χ3n) is 10.1. The van der Waals surface area contributed by atoms with Crippen LogP contribution in [0.15, 0.2) is 36.5 Å². The Morgan fingerprint density at radius 2 is 1.96 bits per heavy atom. The average Bonchev–Trinajstić information content (AvgIpc) is 3.55. The molecule has 9 nitrogen and oxygen atoms in total. The summed E-state index contributed by atoms with van der Waals surface area (Å²) in [4.78, 5) is 17.7. The van der Waals surface area contributed by atoms with Crippen LogP contribution in [0.2, 0.25) is 0 Å². The van der Waals surface area contributed by atoms with Gasteiger partial charge in [0.1, 0.15) is 35.6 Å². The van der Waals surface area contributed by atoms with Crippen LogP contribution in [0.25, 0.3) is 32.9 Å². The van der Waals surface area contributed by atoms with Crippen molar-refractivity contribution in [2.75, 3.05) is 37.7 Å². The molecular weight excluding hydrogens is 600 g/mol. The quantitative estimate of drug-likeness (QED) is 0.321. The number of terminal acetylenes is 1. The van der Waals surface area contributed by atoms with Crippen molar-refractivity contribution in [2.45, 2.75) is 54.3 Å². The number of hydrogen-bond acceptors (Lipinski definition) is 9. The van der Waals surface area contributed by atoms with Gasteiger partial charge in [-0.1, -0.05) is 18.1 Å². The molecule has 2 bridgehead atoms. The summed E-state index contributed by atoms with van der Waals surface area (Å²) >= 11 is 0. The van der Waals surface area contributed by atoms with E-state index in [2.05, 4.69) is 20.8 Å². The maximum absolute atomic E-state index is 16.8. The van der Waals surface area contributed by atoms with Crippen molar-refractivity contribution in [1.29, 1.82) is 0 Å². The first-order chi connectivity index (χ1) is 21.7. The van der Waals surface area contributed by atoms with Gasteiger partial charge in [0.05, 0.1) is 21.4 Å². The number of halogens is 2. The van der Waals surface area contributed by atoms with E-state index in [-0.39, 0.29) is 42.7 Å². The zero-order chi connectivity index (χ0) is 31.1. The highest BCUT2D eigenvalue weighted by atomic mass is 32.2. The molecule has 4 atom stereocenters. The van der Waals surface area contributed by atoms with Crippen LogP contribution in [0.4, 0.5) is 14.6 Å². The molecule has 4 fully saturated rings. The fourth-order valence-corrected chi connectivity index (χ4v) is 10.2. The lowest BCUT2D eigenvalue weighted by molar-refractivity contribution is 0.107. The number of nitrogens with zero attached hydrogens (tertiary/aromatic N) is 5. The Bertz CT molecular complexity index is 2020. The number of hydrogen-bond donors (Lipinski definition) is 1. The Kier molecular flexibility index (Phi) is 6.45. The van der Waals surface area contributed by atoms with Gasteiger partial charge in [-0.3, -0.25) is 9.88 Å². The smallest absolute Gasteiger partial charge is 0.319 e. The van der Waals surface area contributed by atoms with Crippen LogP contribution in [-0.2, 0) is 9.84 Å². The lowest BCUT2D eigenvalue weighted by Crippen LogP contribution is -2.47. The Morgan fingerprint density at radius 3 is 2.73 bits per heavy atom. The molecule has 4 saturated heterocycles. The molecule has 2 aromatic heterocycles. The second-order valence-electron chi connectivity index (χ2n) is 12.7. The molecule has 232 valence electrons. The minimum absolute atomic E-state index is 0.0500. The molecule has 0 radical (unpaired) electrons. The number of fused-ring (bicyclic) bond motifs is 5. The fourth-order valence-electron chi connectivity index (χ4n) is 7.98. The van der Waals surface area contributed by atoms with Crippen LogP contribution in [-0.4, -0.2) is 88.4 Å². The molecule has 12 heteroatoms. The van der Waals surface area contributed by atoms with Crippen LogP contribution in [0.5, 0.6) is 11.8 Å². The third kappa shape index (κ3) is 4.42. The molecule has 2 aromatic carbocycles. The highest BCUT2D eigenvalue weighted by Gasteiger charge is 2.50. The summed E-state index contributed by atoms with van der Waals surface area (Å²) in [6.07, 6.45) is 9.54. The number of aromatic nitrogens is 3. The van der Waals surface area contributed by atoms with Gasteiger partial charge < -0.3 is 14.7 Å². The molecule has 6 heterocycles. The van der Waals surface area contributed by atoms with Crippen molar-refractivity contribution >= 4 is 37.3 Å². The van der Waals surface area contributed by atoms with Crippen molar-refractivity contribution in [3.63, 3.8) is 0 Å². The maximum Gasteiger partial charge on any atom is 0.319 e. The predicted octanol–water partition coefficient (Wildman–Crippen LogP) is 4.39. The Morgan fingerprint density at radius 1 is 1.16 bits per heavy atom. The van der Waals surface area contributed by atoms with Gasteiger partial charge in [-0.15, -0.1) is 6.42 Å². The minimum Gasteiger partial charge on any atom is -0.508 e. The number of aromatic hydroxyl groups is 1. The van der Waals surface area contributed by atoms with E-state index < -0.39 is 37.9 Å². The summed E-state index contributed by atoms with van der Waals surface area (Å²) in [6, 6.07) is 8.20. The van der Waals surface area contributed by atoms with E-state index in [1.807, 2.05) is 4.90 Å². The maximum atomic E-state index is 16.8. The highest BCUT2D eigenvalue weighted by Crippen LogP contribution is 2.42. The zero-order valence-corrected chi connectivity index (χ0v) is 25.2. The van der Waals surface area contributed by atoms with Crippen molar-refractivity contribution in [1.82, 2.24) is 19.9 Å². The molecule has 2 unspecified atom stereocenters. The zero-order valence-electron chi connectivity index (χ0n) is 24.4. The topological polar surface area (TPSA) is 109 Å². The second kappa shape index (κ2) is 10.2. The fraction of sp³-hybridized carbons (Fsp3) is 0.424. The molecule has 4 aliphatic heterocycles. The van der Waals surface area contributed by atoms with E-state index >= 15 is 4.39 Å². The minimum atomic E-state index is -3.24. The number of alkyl halides is 1. The van der Waals surface area contributed by atoms with Crippen LogP contribution >= 0.6 is 0 Å². The van der Waals surface area contributed by atoms with Crippen molar-refractivity contribution < 1.29 is 27.0 Å². The number of rotatable bonds is 5. The largest absolute Gasteiger partial charge is 0.508 e. The van der Waals surface area contributed by atoms with Gasteiger partial charge in [0, 0.05) is 48.8 Å². The van der Waals surface area contributed by atoms with E-state index in [0.29, 0.717) is 58.9 Å². The first-order valence-corrected chi connectivity index (χ1v) is 16.9. The molecule has 45 heavy (non-hydrogen) atoms. The molecule has 8 rings (SSSR count). The number of anilines is 1. The number of benzene rings is 2. The number of ether oxygens (including phenoxy) is 1. The van der Waals surface area contributed by atoms with Gasteiger partial charge in [-0.25, -0.2) is 17.2 Å². The van der Waals surface area contributed by atoms with E-state index in [9.17, 15) is 17.9 Å². The van der Waals surface area contributed by atoms with E-state index in [1.165, 1.54) is 12.3 Å². The molecule has 1 N–H and O–H groups in total. The van der Waals surface area contributed by atoms with Crippen molar-refractivity contribution in [2.24, 2.45) is 0 Å². The molecule has 0 spiro atoms. The van der Waals surface area contributed by atoms with Gasteiger partial charge >= 0.3 is 6.01 Å². The van der Waals surface area contributed by atoms with Gasteiger partial charge in [-0.2, -0.15) is 9.97 Å². The van der Waals surface area contributed by atoms with Gasteiger partial charge in [0.2, 0.25) is 0 Å². The summed E-state index contributed by atoms with van der Waals surface area (Å²) in [6.45, 7) is 1.74. The van der Waals surface area contributed by atoms with Gasteiger partial charge in [0.25, 0.3) is 0 Å². The van der Waals surface area contributed by atoms with E-state index in [4.69, 9.17) is 16.1 Å². The number of sulfone groups is 1. The average molecular weight is 632 g/mol. The summed E-state index contributed by atoms with van der Waals surface area (Å²) < 4.78 is 63.2. The Balaban J connectivity index is 1.27. The summed E-state index contributed by atoms with van der Waals surface area (Å²) in [7, 11) is -3.24. The van der Waals surface area contributed by atoms with Crippen LogP contribution in [0.3, 0.4) is 0 Å². The normalized spacial score (nSPS) is 27.2. The van der Waals surface area contributed by atoms with Crippen LogP contribution in [0.1, 0.15) is 37.7 Å². The number of phenolic OH excluding ortho intramolecular Hbond substituents is 1. The summed E-state index contributed by atoms with van der Waals surface area (Å²) in [5, 5.41) is 11.0. The molecular formula is C33H31F2N5O4S. The van der Waals surface area contributed by atoms with Gasteiger partial charge in [0.15, 0.2) is 15.7 Å².